The summed E-state index contributed by atoms with van der Waals surface area (Å²) in [6.45, 7) is 2.13. The van der Waals surface area contributed by atoms with E-state index in [4.69, 9.17) is 0 Å². The molecule has 0 spiro atoms. The molecule has 112 valence electrons. The summed E-state index contributed by atoms with van der Waals surface area (Å²) in [5, 5.41) is 8.43. The lowest BCUT2D eigenvalue weighted by atomic mass is 9.99. The number of carbonyl (C=O) groups excluding carboxylic acids is 1. The maximum absolute atomic E-state index is 12.9. The van der Waals surface area contributed by atoms with Crippen molar-refractivity contribution in [1.82, 2.24) is 15.0 Å². The fraction of sp³-hybridized carbons (Fsp3) is 0.278. The van der Waals surface area contributed by atoms with Gasteiger partial charge in [-0.3, -0.25) is 4.79 Å². The molecule has 0 saturated heterocycles. The van der Waals surface area contributed by atoms with Crippen molar-refractivity contribution in [2.45, 2.75) is 32.2 Å². The predicted molar refractivity (Wildman–Crippen MR) is 86.9 cm³/mol. The highest BCUT2D eigenvalue weighted by atomic mass is 16.1. The molecule has 0 aliphatic rings. The molecular formula is C18H19N3O. The summed E-state index contributed by atoms with van der Waals surface area (Å²) in [5.41, 5.74) is 2.46. The molecule has 0 aliphatic carbocycles. The van der Waals surface area contributed by atoms with Crippen molar-refractivity contribution >= 4 is 16.8 Å². The molecule has 4 nitrogen and oxygen atoms in total. The van der Waals surface area contributed by atoms with E-state index < -0.39 is 0 Å². The van der Waals surface area contributed by atoms with Gasteiger partial charge in [-0.1, -0.05) is 67.4 Å². The van der Waals surface area contributed by atoms with E-state index in [0.29, 0.717) is 0 Å². The third-order valence-electron chi connectivity index (χ3n) is 3.86. The van der Waals surface area contributed by atoms with Crippen LogP contribution in [0.5, 0.6) is 0 Å². The first-order valence-corrected chi connectivity index (χ1v) is 7.70. The van der Waals surface area contributed by atoms with Crippen molar-refractivity contribution in [1.29, 1.82) is 0 Å². The second-order valence-corrected chi connectivity index (χ2v) is 5.41. The summed E-state index contributed by atoms with van der Waals surface area (Å²) >= 11 is 0. The Morgan fingerprint density at radius 3 is 2.59 bits per heavy atom. The summed E-state index contributed by atoms with van der Waals surface area (Å²) < 4.78 is 1.78. The molecule has 3 aromatic rings. The maximum atomic E-state index is 12.9. The second-order valence-electron chi connectivity index (χ2n) is 5.41. The lowest BCUT2D eigenvalue weighted by Gasteiger charge is -2.16. The molecule has 0 aliphatic heterocycles. The van der Waals surface area contributed by atoms with E-state index in [2.05, 4.69) is 17.2 Å². The summed E-state index contributed by atoms with van der Waals surface area (Å²) in [5.74, 6) is 0.102. The van der Waals surface area contributed by atoms with Crippen LogP contribution in [0.2, 0.25) is 0 Å². The number of fused-ring (bicyclic) bond motifs is 1. The Labute approximate surface area is 129 Å². The highest BCUT2D eigenvalue weighted by Crippen LogP contribution is 2.24. The van der Waals surface area contributed by atoms with E-state index in [0.717, 1.165) is 35.9 Å². The van der Waals surface area contributed by atoms with Crippen LogP contribution in [0.25, 0.3) is 11.0 Å². The van der Waals surface area contributed by atoms with Gasteiger partial charge >= 0.3 is 0 Å². The van der Waals surface area contributed by atoms with Crippen molar-refractivity contribution in [2.75, 3.05) is 0 Å². The lowest BCUT2D eigenvalue weighted by molar-refractivity contribution is 0.0911. The van der Waals surface area contributed by atoms with Crippen LogP contribution < -0.4 is 0 Å². The van der Waals surface area contributed by atoms with Gasteiger partial charge < -0.3 is 0 Å². The minimum Gasteiger partial charge on any atom is -0.292 e. The molecule has 1 heterocycles. The van der Waals surface area contributed by atoms with Crippen LogP contribution in [0.4, 0.5) is 0 Å². The Bertz CT molecular complexity index is 764. The smallest absolute Gasteiger partial charge is 0.187 e. The number of nitrogens with zero attached hydrogens (tertiary/aromatic N) is 3. The topological polar surface area (TPSA) is 47.8 Å². The van der Waals surface area contributed by atoms with Gasteiger partial charge in [0.05, 0.1) is 5.52 Å². The first kappa shape index (κ1) is 14.4. The van der Waals surface area contributed by atoms with E-state index in [-0.39, 0.29) is 11.8 Å². The number of unbranched alkanes of at least 4 members (excludes halogenated alkanes) is 1. The molecule has 0 fully saturated rings. The number of hydrogen-bond donors (Lipinski definition) is 0. The molecule has 4 heteroatoms. The van der Waals surface area contributed by atoms with Crippen LogP contribution >= 0.6 is 0 Å². The minimum atomic E-state index is -0.297. The largest absolute Gasteiger partial charge is 0.292 e. The van der Waals surface area contributed by atoms with Gasteiger partial charge in [0.2, 0.25) is 0 Å². The SMILES string of the molecule is CCCCC(C(=O)c1ccccc1)n1nnc2ccccc21. The molecule has 22 heavy (non-hydrogen) atoms. The summed E-state index contributed by atoms with van der Waals surface area (Å²) in [4.78, 5) is 12.9. The zero-order valence-corrected chi connectivity index (χ0v) is 12.6. The first-order chi connectivity index (χ1) is 10.8. The molecule has 1 aromatic heterocycles. The number of carbonyl (C=O) groups is 1. The number of para-hydroxylation sites is 1. The predicted octanol–water partition coefficient (Wildman–Crippen LogP) is 4.05. The Morgan fingerprint density at radius 2 is 1.82 bits per heavy atom. The standard InChI is InChI=1S/C18H19N3O/c1-2-3-12-17(18(22)14-9-5-4-6-10-14)21-16-13-8-7-11-15(16)19-20-21/h4-11,13,17H,2-3,12H2,1H3. The number of ketones is 1. The zero-order valence-electron chi connectivity index (χ0n) is 12.6. The molecule has 0 bridgehead atoms. The minimum absolute atomic E-state index is 0.102. The van der Waals surface area contributed by atoms with E-state index in [1.807, 2.05) is 54.6 Å². The molecule has 0 radical (unpaired) electrons. The van der Waals surface area contributed by atoms with Gasteiger partial charge in [0, 0.05) is 5.56 Å². The summed E-state index contributed by atoms with van der Waals surface area (Å²) in [6.07, 6.45) is 2.81. The second kappa shape index (κ2) is 6.52. The monoisotopic (exact) mass is 293 g/mol. The maximum Gasteiger partial charge on any atom is 0.187 e. The van der Waals surface area contributed by atoms with Crippen LogP contribution in [0, 0.1) is 0 Å². The third kappa shape index (κ3) is 2.77. The van der Waals surface area contributed by atoms with Crippen LogP contribution in [0.15, 0.2) is 54.6 Å². The third-order valence-corrected chi connectivity index (χ3v) is 3.86. The van der Waals surface area contributed by atoms with Gasteiger partial charge in [0.15, 0.2) is 5.78 Å². The van der Waals surface area contributed by atoms with Crippen molar-refractivity contribution in [3.8, 4) is 0 Å². The van der Waals surface area contributed by atoms with Crippen molar-refractivity contribution in [3.63, 3.8) is 0 Å². The molecule has 0 amide bonds. The van der Waals surface area contributed by atoms with Crippen LogP contribution in [-0.4, -0.2) is 20.8 Å². The summed E-state index contributed by atoms with van der Waals surface area (Å²) in [6, 6.07) is 16.9. The molecular weight excluding hydrogens is 274 g/mol. The Kier molecular flexibility index (Phi) is 4.28. The number of hydrogen-bond acceptors (Lipinski definition) is 3. The highest BCUT2D eigenvalue weighted by molar-refractivity contribution is 5.99. The van der Waals surface area contributed by atoms with Crippen molar-refractivity contribution in [2.24, 2.45) is 0 Å². The molecule has 3 rings (SSSR count). The Balaban J connectivity index is 2.01. The molecule has 2 aromatic carbocycles. The highest BCUT2D eigenvalue weighted by Gasteiger charge is 2.24. The van der Waals surface area contributed by atoms with E-state index in [9.17, 15) is 4.79 Å². The van der Waals surface area contributed by atoms with Crippen LogP contribution in [0.3, 0.4) is 0 Å². The van der Waals surface area contributed by atoms with Gasteiger partial charge in [-0.05, 0) is 18.6 Å². The molecule has 1 atom stereocenters. The number of benzene rings is 2. The molecule has 0 N–H and O–H groups in total. The first-order valence-electron chi connectivity index (χ1n) is 7.70. The average molecular weight is 293 g/mol. The zero-order chi connectivity index (χ0) is 15.4. The summed E-state index contributed by atoms with van der Waals surface area (Å²) in [7, 11) is 0. The fourth-order valence-corrected chi connectivity index (χ4v) is 2.67. The van der Waals surface area contributed by atoms with Crippen molar-refractivity contribution in [3.05, 3.63) is 60.2 Å². The van der Waals surface area contributed by atoms with E-state index in [1.165, 1.54) is 0 Å². The van der Waals surface area contributed by atoms with Gasteiger partial charge in [0.25, 0.3) is 0 Å². The van der Waals surface area contributed by atoms with Crippen LogP contribution in [-0.2, 0) is 0 Å². The van der Waals surface area contributed by atoms with Crippen molar-refractivity contribution < 1.29 is 4.79 Å². The molecule has 0 saturated carbocycles. The van der Waals surface area contributed by atoms with Crippen LogP contribution in [0.1, 0.15) is 42.6 Å². The lowest BCUT2D eigenvalue weighted by Crippen LogP contribution is -2.21. The number of rotatable bonds is 6. The van der Waals surface area contributed by atoms with Gasteiger partial charge in [0.1, 0.15) is 11.6 Å². The fourth-order valence-electron chi connectivity index (χ4n) is 2.67. The Morgan fingerprint density at radius 1 is 1.09 bits per heavy atom. The van der Waals surface area contributed by atoms with E-state index in [1.54, 1.807) is 4.68 Å². The van der Waals surface area contributed by atoms with Gasteiger partial charge in [-0.2, -0.15) is 0 Å². The van der Waals surface area contributed by atoms with E-state index >= 15 is 0 Å². The number of aromatic nitrogens is 3. The van der Waals surface area contributed by atoms with Gasteiger partial charge in [-0.15, -0.1) is 5.10 Å². The average Bonchev–Trinajstić information content (AvgIpc) is 3.00. The quantitative estimate of drug-likeness (QED) is 0.644. The molecule has 1 unspecified atom stereocenters. The Hall–Kier alpha value is -2.49. The number of Topliss-reactive ketones (excluding diaryl/α,β-unsaturated/α-hetero) is 1. The van der Waals surface area contributed by atoms with Gasteiger partial charge in [-0.25, -0.2) is 4.68 Å². The normalized spacial score (nSPS) is 12.4.